The van der Waals surface area contributed by atoms with Gasteiger partial charge in [0.25, 0.3) is 0 Å². The summed E-state index contributed by atoms with van der Waals surface area (Å²) in [5.74, 6) is 0.648. The molecule has 5 heteroatoms. The van der Waals surface area contributed by atoms with E-state index in [0.29, 0.717) is 5.82 Å². The predicted molar refractivity (Wildman–Crippen MR) is 265 cm³/mol. The summed E-state index contributed by atoms with van der Waals surface area (Å²) in [6, 6.07) is 76.0. The zero-order valence-electron chi connectivity index (χ0n) is 34.9. The van der Waals surface area contributed by atoms with Crippen molar-refractivity contribution in [2.75, 3.05) is 0 Å². The molecule has 302 valence electrons. The summed E-state index contributed by atoms with van der Waals surface area (Å²) in [4.78, 5) is 18.6. The lowest BCUT2D eigenvalue weighted by Gasteiger charge is -2.40. The Balaban J connectivity index is 1.03. The summed E-state index contributed by atoms with van der Waals surface area (Å²) in [6.07, 6.45) is 0. The van der Waals surface area contributed by atoms with E-state index in [9.17, 15) is 0 Å². The molecule has 1 spiro atoms. The van der Waals surface area contributed by atoms with Crippen molar-refractivity contribution in [3.8, 4) is 56.3 Å². The molecule has 2 aliphatic rings. The fraction of sp³-hybridized carbons (Fsp3) is 0.0167. The number of furan rings is 1. The molecule has 1 aliphatic carbocycles. The Hall–Kier alpha value is -8.12. The minimum Gasteiger partial charge on any atom is -0.455 e. The van der Waals surface area contributed by atoms with Gasteiger partial charge in [0.2, 0.25) is 0 Å². The molecule has 0 N–H and O–H groups in total. The van der Waals surface area contributed by atoms with Gasteiger partial charge in [-0.25, -0.2) is 15.0 Å². The van der Waals surface area contributed by atoms with E-state index >= 15 is 0 Å². The van der Waals surface area contributed by atoms with Crippen molar-refractivity contribution in [3.05, 3.63) is 235 Å². The summed E-state index contributed by atoms with van der Waals surface area (Å²) in [5.41, 5.74) is 16.4. The second-order valence-electron chi connectivity index (χ2n) is 17.0. The Labute approximate surface area is 378 Å². The molecule has 9 aromatic carbocycles. The summed E-state index contributed by atoms with van der Waals surface area (Å²) in [7, 11) is 0. The predicted octanol–water partition coefficient (Wildman–Crippen LogP) is 15.6. The van der Waals surface area contributed by atoms with Crippen LogP contribution in [-0.2, 0) is 5.41 Å². The molecule has 1 aliphatic heterocycles. The highest BCUT2D eigenvalue weighted by Gasteiger charge is 2.50. The Morgan fingerprint density at radius 1 is 0.369 bits per heavy atom. The molecule has 12 aromatic rings. The zero-order chi connectivity index (χ0) is 42.6. The van der Waals surface area contributed by atoms with Crippen molar-refractivity contribution in [2.45, 2.75) is 15.2 Å². The molecule has 0 radical (unpaired) electrons. The maximum absolute atomic E-state index is 6.54. The lowest BCUT2D eigenvalue weighted by molar-refractivity contribution is 0.670. The van der Waals surface area contributed by atoms with Gasteiger partial charge in [-0.3, -0.25) is 0 Å². The minimum atomic E-state index is -0.491. The van der Waals surface area contributed by atoms with Crippen LogP contribution in [0.1, 0.15) is 22.3 Å². The van der Waals surface area contributed by atoms with Crippen molar-refractivity contribution in [3.63, 3.8) is 0 Å². The first-order valence-corrected chi connectivity index (χ1v) is 22.8. The van der Waals surface area contributed by atoms with Gasteiger partial charge in [0.15, 0.2) is 5.82 Å². The van der Waals surface area contributed by atoms with Crippen LogP contribution in [0.15, 0.2) is 227 Å². The van der Waals surface area contributed by atoms with Crippen LogP contribution in [0.4, 0.5) is 0 Å². The number of pyridine rings is 1. The molecule has 0 bridgehead atoms. The Kier molecular flexibility index (Phi) is 7.80. The highest BCUT2D eigenvalue weighted by molar-refractivity contribution is 7.99. The van der Waals surface area contributed by atoms with Gasteiger partial charge in [0, 0.05) is 53.6 Å². The van der Waals surface area contributed by atoms with Crippen LogP contribution in [0.3, 0.4) is 0 Å². The van der Waals surface area contributed by atoms with E-state index in [4.69, 9.17) is 19.4 Å². The quantitative estimate of drug-likeness (QED) is 0.165. The van der Waals surface area contributed by atoms with Gasteiger partial charge >= 0.3 is 0 Å². The minimum absolute atomic E-state index is 0.491. The van der Waals surface area contributed by atoms with Crippen molar-refractivity contribution in [1.82, 2.24) is 15.0 Å². The van der Waals surface area contributed by atoms with Gasteiger partial charge in [-0.05, 0) is 81.2 Å². The van der Waals surface area contributed by atoms with Crippen molar-refractivity contribution in [2.24, 2.45) is 0 Å². The smallest absolute Gasteiger partial charge is 0.160 e. The van der Waals surface area contributed by atoms with Crippen LogP contribution < -0.4 is 0 Å². The number of aromatic nitrogens is 3. The second kappa shape index (κ2) is 13.9. The largest absolute Gasteiger partial charge is 0.455 e. The van der Waals surface area contributed by atoms with E-state index in [-0.39, 0.29) is 0 Å². The van der Waals surface area contributed by atoms with Crippen LogP contribution >= 0.6 is 11.8 Å². The first-order valence-electron chi connectivity index (χ1n) is 22.0. The number of fused-ring (bicyclic) bond motifs is 15. The third-order valence-corrected chi connectivity index (χ3v) is 14.7. The lowest BCUT2D eigenvalue weighted by Crippen LogP contribution is -2.32. The van der Waals surface area contributed by atoms with Gasteiger partial charge in [-0.1, -0.05) is 182 Å². The van der Waals surface area contributed by atoms with Crippen LogP contribution in [-0.4, -0.2) is 15.0 Å². The maximum Gasteiger partial charge on any atom is 0.160 e. The highest BCUT2D eigenvalue weighted by Crippen LogP contribution is 2.62. The molecule has 4 nitrogen and oxygen atoms in total. The summed E-state index contributed by atoms with van der Waals surface area (Å²) < 4.78 is 6.54. The number of para-hydroxylation sites is 2. The van der Waals surface area contributed by atoms with Gasteiger partial charge < -0.3 is 4.42 Å². The fourth-order valence-electron chi connectivity index (χ4n) is 10.7. The van der Waals surface area contributed by atoms with E-state index in [0.717, 1.165) is 77.6 Å². The SMILES string of the molecule is c1ccc(-c2nc(-c3ccc4c(c3)nc(-c3ccccc3)c3cc5c(cc34)C3(c4ccccc4S5)c4ccccc4-c4ccccc43)cc(-c3cccc4c3oc3ccccc34)n2)cc1. The van der Waals surface area contributed by atoms with E-state index in [1.807, 2.05) is 42.1 Å². The van der Waals surface area contributed by atoms with E-state index < -0.39 is 5.41 Å². The van der Waals surface area contributed by atoms with E-state index in [1.165, 1.54) is 48.6 Å². The van der Waals surface area contributed by atoms with E-state index in [2.05, 4.69) is 182 Å². The highest BCUT2D eigenvalue weighted by atomic mass is 32.2. The molecule has 3 aromatic heterocycles. The van der Waals surface area contributed by atoms with Gasteiger partial charge in [-0.2, -0.15) is 0 Å². The molecule has 0 unspecified atom stereocenters. The topological polar surface area (TPSA) is 51.8 Å². The first kappa shape index (κ1) is 36.4. The molecule has 0 saturated heterocycles. The molecule has 0 amide bonds. The number of rotatable bonds is 4. The van der Waals surface area contributed by atoms with Crippen molar-refractivity contribution in [1.29, 1.82) is 0 Å². The monoisotopic (exact) mass is 845 g/mol. The van der Waals surface area contributed by atoms with Crippen LogP contribution in [0, 0.1) is 0 Å². The van der Waals surface area contributed by atoms with Crippen LogP contribution in [0.2, 0.25) is 0 Å². The second-order valence-corrected chi connectivity index (χ2v) is 18.1. The molecule has 4 heterocycles. The van der Waals surface area contributed by atoms with Gasteiger partial charge in [-0.15, -0.1) is 0 Å². The van der Waals surface area contributed by atoms with Crippen LogP contribution in [0.5, 0.6) is 0 Å². The lowest BCUT2D eigenvalue weighted by atomic mass is 9.67. The zero-order valence-corrected chi connectivity index (χ0v) is 35.7. The Morgan fingerprint density at radius 3 is 1.82 bits per heavy atom. The average molecular weight is 846 g/mol. The molecule has 14 rings (SSSR count). The molecular formula is C60H35N3OS. The number of benzene rings is 9. The third-order valence-electron chi connectivity index (χ3n) is 13.5. The third kappa shape index (κ3) is 5.30. The first-order chi connectivity index (χ1) is 32.2. The number of nitrogens with zero attached hydrogens (tertiary/aromatic N) is 3. The number of hydrogen-bond donors (Lipinski definition) is 0. The summed E-state index contributed by atoms with van der Waals surface area (Å²) >= 11 is 1.87. The molecule has 0 fully saturated rings. The van der Waals surface area contributed by atoms with Crippen molar-refractivity contribution < 1.29 is 4.42 Å². The fourth-order valence-corrected chi connectivity index (χ4v) is 11.9. The molecule has 0 atom stereocenters. The normalized spacial score (nSPS) is 13.3. The Morgan fingerprint density at radius 2 is 1.02 bits per heavy atom. The maximum atomic E-state index is 6.54. The molecule has 0 saturated carbocycles. The van der Waals surface area contributed by atoms with Gasteiger partial charge in [0.05, 0.1) is 28.0 Å². The summed E-state index contributed by atoms with van der Waals surface area (Å²) in [5, 5.41) is 5.54. The standard InChI is InChI=1S/C60H35N3OS/c1-3-16-36(17-4-1)57-46-34-56-50(60(49-27-12-14-29-55(49)65-56)47-25-10-7-20-39(47)40-21-8-11-26-48(40)60)33-45(46)41-31-30-38(32-52(41)61-57)51-35-53(63-59(62-51)37-18-5-2-6-19-37)44-24-15-23-43-42-22-9-13-28-54(42)64-58(43)44/h1-35H. The number of hydrogen-bond acceptors (Lipinski definition) is 5. The average Bonchev–Trinajstić information content (AvgIpc) is 3.90. The summed E-state index contributed by atoms with van der Waals surface area (Å²) in [6.45, 7) is 0. The van der Waals surface area contributed by atoms with Gasteiger partial charge in [0.1, 0.15) is 11.2 Å². The Bertz CT molecular complexity index is 3890. The van der Waals surface area contributed by atoms with Crippen LogP contribution in [0.25, 0.3) is 99.9 Å². The molecule has 65 heavy (non-hydrogen) atoms. The van der Waals surface area contributed by atoms with Crippen molar-refractivity contribution >= 4 is 55.4 Å². The van der Waals surface area contributed by atoms with E-state index in [1.54, 1.807) is 0 Å². The molecular weight excluding hydrogens is 811 g/mol.